The van der Waals surface area contributed by atoms with Crippen LogP contribution in [0.1, 0.15) is 39.5 Å². The van der Waals surface area contributed by atoms with Crippen LogP contribution in [0.15, 0.2) is 41.4 Å². The number of nitrogens with one attached hydrogen (secondary N) is 3. The minimum absolute atomic E-state index is 0.174. The Hall–Kier alpha value is -2.87. The second-order valence-corrected chi connectivity index (χ2v) is 7.37. The van der Waals surface area contributed by atoms with Gasteiger partial charge in [0, 0.05) is 21.9 Å². The average molecular weight is 402 g/mol. The molecule has 0 atom stereocenters. The van der Waals surface area contributed by atoms with Crippen LogP contribution in [0.5, 0.6) is 0 Å². The van der Waals surface area contributed by atoms with E-state index in [0.29, 0.717) is 12.1 Å². The molecule has 5 N–H and O–H groups in total. The van der Waals surface area contributed by atoms with Crippen LogP contribution >= 0.6 is 11.3 Å². The van der Waals surface area contributed by atoms with Gasteiger partial charge in [0.2, 0.25) is 5.91 Å². The molecule has 0 saturated carbocycles. The van der Waals surface area contributed by atoms with Gasteiger partial charge in [-0.05, 0) is 43.2 Å². The van der Waals surface area contributed by atoms with E-state index in [2.05, 4.69) is 40.0 Å². The number of primary amides is 1. The highest BCUT2D eigenvalue weighted by Gasteiger charge is 2.06. The van der Waals surface area contributed by atoms with Crippen LogP contribution in [0.4, 0.5) is 0 Å². The molecule has 8 heteroatoms. The molecule has 1 aromatic carbocycles. The summed E-state index contributed by atoms with van der Waals surface area (Å²) in [5.41, 5.74) is 6.48. The standard InChI is InChI=1S/C20H27N5O2S/c1-3-16-9-10-17(28-16)12-25-20(22-4-2)24-11-14-5-7-15(8-6-14)19(27)23-13-18(21)26/h5-10H,3-4,11-13H2,1-2H3,(H2,21,26)(H,23,27)(H2,22,24,25). The fraction of sp³-hybridized carbons (Fsp3) is 0.350. The summed E-state index contributed by atoms with van der Waals surface area (Å²) in [6.07, 6.45) is 1.05. The molecule has 1 aromatic heterocycles. The largest absolute Gasteiger partial charge is 0.368 e. The predicted octanol–water partition coefficient (Wildman–Crippen LogP) is 1.78. The number of nitrogens with two attached hydrogens (primary N) is 1. The zero-order valence-corrected chi connectivity index (χ0v) is 17.1. The molecule has 0 fully saturated rings. The molecule has 0 saturated heterocycles. The molecule has 0 unspecified atom stereocenters. The number of rotatable bonds is 9. The summed E-state index contributed by atoms with van der Waals surface area (Å²) < 4.78 is 0. The number of hydrogen-bond donors (Lipinski definition) is 4. The van der Waals surface area contributed by atoms with Gasteiger partial charge >= 0.3 is 0 Å². The molecule has 0 aliphatic rings. The smallest absolute Gasteiger partial charge is 0.251 e. The first-order chi connectivity index (χ1) is 13.5. The van der Waals surface area contributed by atoms with Gasteiger partial charge < -0.3 is 21.7 Å². The first-order valence-corrected chi connectivity index (χ1v) is 10.1. The summed E-state index contributed by atoms with van der Waals surface area (Å²) in [5.74, 6) is -0.153. The van der Waals surface area contributed by atoms with Crippen LogP contribution in [0, 0.1) is 0 Å². The fourth-order valence-corrected chi connectivity index (χ4v) is 3.32. The maximum absolute atomic E-state index is 11.9. The Morgan fingerprint density at radius 1 is 1.00 bits per heavy atom. The van der Waals surface area contributed by atoms with Crippen molar-refractivity contribution >= 4 is 29.1 Å². The summed E-state index contributed by atoms with van der Waals surface area (Å²) >= 11 is 1.81. The van der Waals surface area contributed by atoms with E-state index in [1.54, 1.807) is 23.5 Å². The Morgan fingerprint density at radius 2 is 1.71 bits per heavy atom. The molecule has 28 heavy (non-hydrogen) atoms. The Kier molecular flexibility index (Phi) is 8.48. The van der Waals surface area contributed by atoms with Crippen LogP contribution in [-0.4, -0.2) is 30.9 Å². The third-order valence-corrected chi connectivity index (χ3v) is 5.13. The highest BCUT2D eigenvalue weighted by atomic mass is 32.1. The van der Waals surface area contributed by atoms with Gasteiger partial charge in [0.15, 0.2) is 5.96 Å². The van der Waals surface area contributed by atoms with E-state index >= 15 is 0 Å². The van der Waals surface area contributed by atoms with Crippen molar-refractivity contribution in [3.8, 4) is 0 Å². The zero-order chi connectivity index (χ0) is 20.4. The molecule has 0 bridgehead atoms. The summed E-state index contributed by atoms with van der Waals surface area (Å²) in [6, 6.07) is 11.4. The van der Waals surface area contributed by atoms with Crippen LogP contribution in [0.2, 0.25) is 0 Å². The molecule has 2 rings (SSSR count). The average Bonchev–Trinajstić information content (AvgIpc) is 3.16. The highest BCUT2D eigenvalue weighted by molar-refractivity contribution is 7.11. The third-order valence-electron chi connectivity index (χ3n) is 3.90. The Labute approximate surface area is 169 Å². The van der Waals surface area contributed by atoms with Crippen LogP contribution in [0.25, 0.3) is 0 Å². The zero-order valence-electron chi connectivity index (χ0n) is 16.2. The van der Waals surface area contributed by atoms with Crippen molar-refractivity contribution in [1.29, 1.82) is 0 Å². The third kappa shape index (κ3) is 7.03. The van der Waals surface area contributed by atoms with Crippen molar-refractivity contribution in [2.24, 2.45) is 10.7 Å². The van der Waals surface area contributed by atoms with Crippen LogP contribution < -0.4 is 21.7 Å². The molecular formula is C20H27N5O2S. The summed E-state index contributed by atoms with van der Waals surface area (Å²) in [6.45, 7) is 6.00. The van der Waals surface area contributed by atoms with Gasteiger partial charge in [0.25, 0.3) is 5.91 Å². The van der Waals surface area contributed by atoms with Gasteiger partial charge in [0.1, 0.15) is 0 Å². The number of benzene rings is 1. The van der Waals surface area contributed by atoms with E-state index in [4.69, 9.17) is 5.73 Å². The van der Waals surface area contributed by atoms with E-state index in [1.165, 1.54) is 9.75 Å². The quantitative estimate of drug-likeness (QED) is 0.379. The molecular weight excluding hydrogens is 374 g/mol. The maximum Gasteiger partial charge on any atom is 0.251 e. The number of amides is 2. The summed E-state index contributed by atoms with van der Waals surface area (Å²) in [4.78, 5) is 29.9. The second-order valence-electron chi connectivity index (χ2n) is 6.12. The topological polar surface area (TPSA) is 109 Å². The number of carbonyl (C=O) groups is 2. The molecule has 1 heterocycles. The van der Waals surface area contributed by atoms with Crippen molar-refractivity contribution < 1.29 is 9.59 Å². The lowest BCUT2D eigenvalue weighted by molar-refractivity contribution is -0.117. The van der Waals surface area contributed by atoms with Crippen molar-refractivity contribution in [2.45, 2.75) is 33.4 Å². The molecule has 0 aliphatic carbocycles. The predicted molar refractivity (Wildman–Crippen MR) is 113 cm³/mol. The Bertz CT molecular complexity index is 814. The summed E-state index contributed by atoms with van der Waals surface area (Å²) in [7, 11) is 0. The van der Waals surface area contributed by atoms with Crippen molar-refractivity contribution in [2.75, 3.05) is 13.1 Å². The number of guanidine groups is 1. The van der Waals surface area contributed by atoms with Crippen molar-refractivity contribution in [3.63, 3.8) is 0 Å². The Balaban J connectivity index is 1.92. The number of aliphatic imine (C=N–C) groups is 1. The molecule has 2 amide bonds. The van der Waals surface area contributed by atoms with Gasteiger partial charge in [-0.2, -0.15) is 0 Å². The first kappa shape index (κ1) is 21.4. The monoisotopic (exact) mass is 401 g/mol. The number of hydrogen-bond acceptors (Lipinski definition) is 4. The van der Waals surface area contributed by atoms with E-state index in [0.717, 1.165) is 31.0 Å². The number of aryl methyl sites for hydroxylation is 1. The maximum atomic E-state index is 11.9. The number of thiophene rings is 1. The lowest BCUT2D eigenvalue weighted by Crippen LogP contribution is -2.36. The molecule has 0 aliphatic heterocycles. The minimum atomic E-state index is -0.573. The first-order valence-electron chi connectivity index (χ1n) is 9.27. The SMILES string of the molecule is CCNC(=NCc1ccc(C(=O)NCC(N)=O)cc1)NCc1ccc(CC)s1. The molecule has 2 aromatic rings. The molecule has 7 nitrogen and oxygen atoms in total. The second kappa shape index (κ2) is 11.1. The molecule has 150 valence electrons. The molecule has 0 spiro atoms. The van der Waals surface area contributed by atoms with Crippen molar-refractivity contribution in [1.82, 2.24) is 16.0 Å². The normalized spacial score (nSPS) is 11.1. The van der Waals surface area contributed by atoms with E-state index in [1.807, 2.05) is 19.1 Å². The van der Waals surface area contributed by atoms with E-state index in [9.17, 15) is 9.59 Å². The van der Waals surface area contributed by atoms with Gasteiger partial charge in [0.05, 0.1) is 19.6 Å². The number of carbonyl (C=O) groups excluding carboxylic acids is 2. The number of nitrogens with zero attached hydrogens (tertiary/aromatic N) is 1. The summed E-state index contributed by atoms with van der Waals surface area (Å²) in [5, 5.41) is 9.04. The highest BCUT2D eigenvalue weighted by Crippen LogP contribution is 2.16. The van der Waals surface area contributed by atoms with E-state index in [-0.39, 0.29) is 12.5 Å². The lowest BCUT2D eigenvalue weighted by atomic mass is 10.1. The lowest BCUT2D eigenvalue weighted by Gasteiger charge is -2.10. The van der Waals surface area contributed by atoms with Gasteiger partial charge in [-0.15, -0.1) is 11.3 Å². The Morgan fingerprint density at radius 3 is 2.32 bits per heavy atom. The van der Waals surface area contributed by atoms with Crippen molar-refractivity contribution in [3.05, 3.63) is 57.3 Å². The van der Waals surface area contributed by atoms with Gasteiger partial charge in [-0.3, -0.25) is 9.59 Å². The fourth-order valence-electron chi connectivity index (χ4n) is 2.42. The van der Waals surface area contributed by atoms with Crippen LogP contribution in [-0.2, 0) is 24.3 Å². The van der Waals surface area contributed by atoms with Gasteiger partial charge in [-0.1, -0.05) is 19.1 Å². The van der Waals surface area contributed by atoms with Gasteiger partial charge in [-0.25, -0.2) is 4.99 Å². The molecule has 0 radical (unpaired) electrons. The minimum Gasteiger partial charge on any atom is -0.368 e. The van der Waals surface area contributed by atoms with E-state index < -0.39 is 5.91 Å². The van der Waals surface area contributed by atoms with Crippen LogP contribution in [0.3, 0.4) is 0 Å².